The summed E-state index contributed by atoms with van der Waals surface area (Å²) in [6.45, 7) is 1.32. The van der Waals surface area contributed by atoms with Crippen molar-refractivity contribution in [2.45, 2.75) is 13.3 Å². The number of hydrogen-bond donors (Lipinski definition) is 2. The number of carbonyl (C=O) groups excluding carboxylic acids is 1. The maximum absolute atomic E-state index is 13.5. The molecule has 9 heteroatoms. The van der Waals surface area contributed by atoms with Crippen LogP contribution in [0.25, 0.3) is 0 Å². The molecular weight excluding hydrogens is 290 g/mol. The van der Waals surface area contributed by atoms with Crippen LogP contribution in [0.3, 0.4) is 0 Å². The molecule has 1 rings (SSSR count). The molecule has 0 aliphatic rings. The summed E-state index contributed by atoms with van der Waals surface area (Å²) in [5, 5.41) is 21.5. The zero-order chi connectivity index (χ0) is 16.2. The molecule has 0 fully saturated rings. The minimum Gasteiger partial charge on any atom is -0.481 e. The SMILES string of the molecule is CCC(CNC(=O)c1cc([N+](=O)[O-])c(F)cc1F)C(=O)O. The number of carbonyl (C=O) groups is 2. The third kappa shape index (κ3) is 3.94. The highest BCUT2D eigenvalue weighted by molar-refractivity contribution is 5.95. The number of halogens is 2. The molecule has 2 N–H and O–H groups in total. The van der Waals surface area contributed by atoms with E-state index in [0.29, 0.717) is 6.07 Å². The van der Waals surface area contributed by atoms with Crippen LogP contribution < -0.4 is 5.32 Å². The molecule has 21 heavy (non-hydrogen) atoms. The van der Waals surface area contributed by atoms with Gasteiger partial charge in [-0.1, -0.05) is 6.92 Å². The second-order valence-corrected chi connectivity index (χ2v) is 4.19. The third-order valence-corrected chi connectivity index (χ3v) is 2.83. The van der Waals surface area contributed by atoms with Gasteiger partial charge in [0, 0.05) is 18.7 Å². The molecule has 114 valence electrons. The second-order valence-electron chi connectivity index (χ2n) is 4.19. The highest BCUT2D eigenvalue weighted by Crippen LogP contribution is 2.21. The minimum absolute atomic E-state index is 0.238. The van der Waals surface area contributed by atoms with Gasteiger partial charge < -0.3 is 10.4 Å². The van der Waals surface area contributed by atoms with Crippen molar-refractivity contribution in [2.75, 3.05) is 6.54 Å². The molecule has 0 aliphatic heterocycles. The van der Waals surface area contributed by atoms with Crippen LogP contribution >= 0.6 is 0 Å². The van der Waals surface area contributed by atoms with E-state index in [2.05, 4.69) is 5.32 Å². The number of carboxylic acids is 1. The highest BCUT2D eigenvalue weighted by atomic mass is 19.1. The van der Waals surface area contributed by atoms with Gasteiger partial charge in [-0.3, -0.25) is 19.7 Å². The van der Waals surface area contributed by atoms with Crippen molar-refractivity contribution in [2.24, 2.45) is 5.92 Å². The van der Waals surface area contributed by atoms with Crippen molar-refractivity contribution >= 4 is 17.6 Å². The Morgan fingerprint density at radius 1 is 1.38 bits per heavy atom. The summed E-state index contributed by atoms with van der Waals surface area (Å²) in [5.74, 6) is -5.71. The van der Waals surface area contributed by atoms with Crippen molar-refractivity contribution < 1.29 is 28.4 Å². The van der Waals surface area contributed by atoms with Crippen molar-refractivity contribution in [1.82, 2.24) is 5.32 Å². The van der Waals surface area contributed by atoms with Gasteiger partial charge in [0.05, 0.1) is 16.4 Å². The fourth-order valence-corrected chi connectivity index (χ4v) is 1.57. The molecule has 1 unspecified atom stereocenters. The number of rotatable bonds is 6. The fraction of sp³-hybridized carbons (Fsp3) is 0.333. The van der Waals surface area contributed by atoms with Crippen LogP contribution in [0.5, 0.6) is 0 Å². The molecule has 0 aromatic heterocycles. The lowest BCUT2D eigenvalue weighted by Crippen LogP contribution is -2.33. The molecule has 0 bridgehead atoms. The van der Waals surface area contributed by atoms with E-state index in [1.54, 1.807) is 6.92 Å². The van der Waals surface area contributed by atoms with Crippen molar-refractivity contribution in [3.05, 3.63) is 39.4 Å². The first-order valence-corrected chi connectivity index (χ1v) is 5.92. The molecule has 7 nitrogen and oxygen atoms in total. The fourth-order valence-electron chi connectivity index (χ4n) is 1.57. The zero-order valence-electron chi connectivity index (χ0n) is 10.9. The molecule has 1 atom stereocenters. The molecule has 1 aromatic carbocycles. The van der Waals surface area contributed by atoms with Gasteiger partial charge in [-0.15, -0.1) is 0 Å². The molecule has 1 amide bonds. The van der Waals surface area contributed by atoms with E-state index in [9.17, 15) is 28.5 Å². The largest absolute Gasteiger partial charge is 0.481 e. The number of aliphatic carboxylic acids is 1. The zero-order valence-corrected chi connectivity index (χ0v) is 10.9. The molecule has 0 saturated heterocycles. The Morgan fingerprint density at radius 2 is 2.00 bits per heavy atom. The van der Waals surface area contributed by atoms with Crippen LogP contribution in [0.15, 0.2) is 12.1 Å². The van der Waals surface area contributed by atoms with E-state index in [1.807, 2.05) is 0 Å². The first-order valence-electron chi connectivity index (χ1n) is 5.92. The van der Waals surface area contributed by atoms with Crippen LogP contribution in [0.2, 0.25) is 0 Å². The summed E-state index contributed by atoms with van der Waals surface area (Å²) in [4.78, 5) is 31.9. The Hall–Kier alpha value is -2.58. The van der Waals surface area contributed by atoms with Crippen molar-refractivity contribution in [1.29, 1.82) is 0 Å². The van der Waals surface area contributed by atoms with Crippen LogP contribution in [0.4, 0.5) is 14.5 Å². The summed E-state index contributed by atoms with van der Waals surface area (Å²) in [6.07, 6.45) is 0.238. The van der Waals surface area contributed by atoms with E-state index in [4.69, 9.17) is 5.11 Å². The first kappa shape index (κ1) is 16.5. The van der Waals surface area contributed by atoms with Gasteiger partial charge >= 0.3 is 11.7 Å². The normalized spacial score (nSPS) is 11.8. The topological polar surface area (TPSA) is 110 Å². The van der Waals surface area contributed by atoms with E-state index < -0.39 is 45.6 Å². The summed E-state index contributed by atoms with van der Waals surface area (Å²) in [6, 6.07) is 0.712. The highest BCUT2D eigenvalue weighted by Gasteiger charge is 2.23. The molecule has 0 spiro atoms. The Labute approximate surface area is 117 Å². The Balaban J connectivity index is 2.95. The number of hydrogen-bond acceptors (Lipinski definition) is 4. The molecule has 0 aliphatic carbocycles. The number of carboxylic acid groups (broad SMARTS) is 1. The summed E-state index contributed by atoms with van der Waals surface area (Å²) < 4.78 is 26.6. The van der Waals surface area contributed by atoms with Crippen molar-refractivity contribution in [3.8, 4) is 0 Å². The Morgan fingerprint density at radius 3 is 2.48 bits per heavy atom. The van der Waals surface area contributed by atoms with Gasteiger partial charge in [0.25, 0.3) is 5.91 Å². The lowest BCUT2D eigenvalue weighted by atomic mass is 10.1. The van der Waals surface area contributed by atoms with Crippen LogP contribution in [0, 0.1) is 27.7 Å². The first-order chi connectivity index (χ1) is 9.77. The molecular formula is C12H12F2N2O5. The molecule has 0 radical (unpaired) electrons. The maximum Gasteiger partial charge on any atom is 0.308 e. The van der Waals surface area contributed by atoms with Crippen LogP contribution in [0.1, 0.15) is 23.7 Å². The monoisotopic (exact) mass is 302 g/mol. The Kier molecular flexibility index (Phi) is 5.28. The standard InChI is InChI=1S/C12H12F2N2O5/c1-2-6(12(18)19)5-15-11(17)7-3-10(16(20)21)9(14)4-8(7)13/h3-4,6H,2,5H2,1H3,(H,15,17)(H,18,19). The van der Waals surface area contributed by atoms with Gasteiger partial charge in [-0.05, 0) is 6.42 Å². The van der Waals surface area contributed by atoms with Gasteiger partial charge in [0.2, 0.25) is 5.82 Å². The van der Waals surface area contributed by atoms with Gasteiger partial charge in [0.15, 0.2) is 0 Å². The number of amides is 1. The quantitative estimate of drug-likeness (QED) is 0.614. The predicted octanol–water partition coefficient (Wildman–Crippen LogP) is 1.71. The number of nitrogens with one attached hydrogen (secondary N) is 1. The second kappa shape index (κ2) is 6.73. The Bertz CT molecular complexity index is 591. The number of nitrogens with zero attached hydrogens (tertiary/aromatic N) is 1. The minimum atomic E-state index is -1.40. The average molecular weight is 302 g/mol. The summed E-state index contributed by atoms with van der Waals surface area (Å²) in [7, 11) is 0. The molecule has 0 saturated carbocycles. The third-order valence-electron chi connectivity index (χ3n) is 2.83. The average Bonchev–Trinajstić information content (AvgIpc) is 2.38. The van der Waals surface area contributed by atoms with E-state index in [-0.39, 0.29) is 19.0 Å². The van der Waals surface area contributed by atoms with Gasteiger partial charge in [-0.25, -0.2) is 4.39 Å². The lowest BCUT2D eigenvalue weighted by Gasteiger charge is -2.11. The smallest absolute Gasteiger partial charge is 0.308 e. The van der Waals surface area contributed by atoms with Gasteiger partial charge in [0.1, 0.15) is 5.82 Å². The maximum atomic E-state index is 13.5. The summed E-state index contributed by atoms with van der Waals surface area (Å²) in [5.41, 5.74) is -1.75. The lowest BCUT2D eigenvalue weighted by molar-refractivity contribution is -0.387. The van der Waals surface area contributed by atoms with Crippen LogP contribution in [-0.4, -0.2) is 28.5 Å². The summed E-state index contributed by atoms with van der Waals surface area (Å²) >= 11 is 0. The van der Waals surface area contributed by atoms with E-state index in [1.165, 1.54) is 0 Å². The van der Waals surface area contributed by atoms with Gasteiger partial charge in [-0.2, -0.15) is 4.39 Å². The van der Waals surface area contributed by atoms with E-state index in [0.717, 1.165) is 0 Å². The molecule has 1 aromatic rings. The van der Waals surface area contributed by atoms with Crippen LogP contribution in [-0.2, 0) is 4.79 Å². The molecule has 0 heterocycles. The van der Waals surface area contributed by atoms with Crippen molar-refractivity contribution in [3.63, 3.8) is 0 Å². The predicted molar refractivity (Wildman–Crippen MR) is 66.8 cm³/mol. The number of nitro groups is 1. The van der Waals surface area contributed by atoms with E-state index >= 15 is 0 Å². The number of nitro benzene ring substituents is 1. The number of benzene rings is 1.